The second kappa shape index (κ2) is 9.47. The molecule has 0 spiro atoms. The van der Waals surface area contributed by atoms with Gasteiger partial charge in [-0.05, 0) is 18.2 Å². The molecule has 0 aliphatic rings. The molecular formula is C14H17F3N4O4. The normalized spacial score (nSPS) is 10.7. The highest BCUT2D eigenvalue weighted by atomic mass is 19.4. The van der Waals surface area contributed by atoms with E-state index in [4.69, 9.17) is 0 Å². The third-order valence-corrected chi connectivity index (χ3v) is 2.58. The minimum absolute atomic E-state index is 0.118. The number of carbonyl (C=O) groups excluding carboxylic acids is 3. The van der Waals surface area contributed by atoms with Crippen LogP contribution in [0.25, 0.3) is 0 Å². The van der Waals surface area contributed by atoms with Crippen LogP contribution in [0.4, 0.5) is 29.3 Å². The van der Waals surface area contributed by atoms with E-state index in [0.29, 0.717) is 11.4 Å². The molecule has 1 aromatic rings. The van der Waals surface area contributed by atoms with Crippen molar-refractivity contribution >= 4 is 29.2 Å². The highest BCUT2D eigenvalue weighted by Crippen LogP contribution is 2.14. The van der Waals surface area contributed by atoms with Gasteiger partial charge < -0.3 is 20.7 Å². The molecule has 1 rings (SSSR count). The number of rotatable bonds is 7. The van der Waals surface area contributed by atoms with Crippen LogP contribution in [0.15, 0.2) is 24.3 Å². The first-order valence-electron chi connectivity index (χ1n) is 6.97. The van der Waals surface area contributed by atoms with Gasteiger partial charge in [-0.15, -0.1) is 0 Å². The van der Waals surface area contributed by atoms with Crippen LogP contribution in [-0.4, -0.2) is 50.8 Å². The van der Waals surface area contributed by atoms with E-state index in [1.807, 2.05) is 0 Å². The number of benzene rings is 1. The fraction of sp³-hybridized carbons (Fsp3) is 0.357. The van der Waals surface area contributed by atoms with Crippen LogP contribution >= 0.6 is 0 Å². The zero-order valence-electron chi connectivity index (χ0n) is 13.2. The van der Waals surface area contributed by atoms with Gasteiger partial charge in [-0.1, -0.05) is 6.07 Å². The Bertz CT molecular complexity index is 622. The summed E-state index contributed by atoms with van der Waals surface area (Å²) < 4.78 is 40.4. The molecule has 11 heteroatoms. The topological polar surface area (TPSA) is 109 Å². The molecule has 0 atom stereocenters. The number of carbonyl (C=O) groups is 3. The molecule has 4 N–H and O–H groups in total. The number of anilines is 2. The number of hydrogen-bond acceptors (Lipinski definition) is 5. The molecule has 138 valence electrons. The maximum atomic E-state index is 11.9. The van der Waals surface area contributed by atoms with Crippen molar-refractivity contribution in [1.29, 1.82) is 0 Å². The molecule has 1 aromatic carbocycles. The van der Waals surface area contributed by atoms with Gasteiger partial charge in [-0.3, -0.25) is 14.9 Å². The molecule has 0 unspecified atom stereocenters. The number of nitrogens with one attached hydrogen (secondary N) is 4. The van der Waals surface area contributed by atoms with Crippen LogP contribution in [0, 0.1) is 0 Å². The summed E-state index contributed by atoms with van der Waals surface area (Å²) >= 11 is 0. The van der Waals surface area contributed by atoms with Crippen LogP contribution in [-0.2, 0) is 14.3 Å². The lowest BCUT2D eigenvalue weighted by Crippen LogP contribution is -2.45. The summed E-state index contributed by atoms with van der Waals surface area (Å²) in [6.45, 7) is -2.01. The van der Waals surface area contributed by atoms with Crippen molar-refractivity contribution in [3.63, 3.8) is 0 Å². The number of imide groups is 1. The second-order valence-corrected chi connectivity index (χ2v) is 4.76. The SMILES string of the molecule is COCC(=O)Nc1cccc(NCC(=O)NC(=O)NCC(F)(F)F)c1. The van der Waals surface area contributed by atoms with Gasteiger partial charge in [-0.2, -0.15) is 13.2 Å². The molecule has 0 radical (unpaired) electrons. The first-order chi connectivity index (χ1) is 11.7. The number of ether oxygens (including phenoxy) is 1. The van der Waals surface area contributed by atoms with E-state index >= 15 is 0 Å². The smallest absolute Gasteiger partial charge is 0.376 e. The van der Waals surface area contributed by atoms with E-state index in [-0.39, 0.29) is 19.1 Å². The van der Waals surface area contributed by atoms with Crippen LogP contribution in [0.2, 0.25) is 0 Å². The molecule has 25 heavy (non-hydrogen) atoms. The summed E-state index contributed by atoms with van der Waals surface area (Å²) in [7, 11) is 1.38. The van der Waals surface area contributed by atoms with E-state index in [0.717, 1.165) is 0 Å². The average Bonchev–Trinajstić information content (AvgIpc) is 2.51. The molecule has 4 amide bonds. The molecule has 0 aromatic heterocycles. The number of alkyl halides is 3. The van der Waals surface area contributed by atoms with Gasteiger partial charge in [0, 0.05) is 18.5 Å². The number of halogens is 3. The van der Waals surface area contributed by atoms with Crippen molar-refractivity contribution in [3.05, 3.63) is 24.3 Å². The van der Waals surface area contributed by atoms with Crippen molar-refractivity contribution < 1.29 is 32.3 Å². The number of hydrogen-bond donors (Lipinski definition) is 4. The van der Waals surface area contributed by atoms with E-state index in [2.05, 4.69) is 15.4 Å². The summed E-state index contributed by atoms with van der Waals surface area (Å²) in [5.74, 6) is -1.19. The molecule has 0 aliphatic carbocycles. The Morgan fingerprint density at radius 3 is 2.44 bits per heavy atom. The monoisotopic (exact) mass is 362 g/mol. The fourth-order valence-electron chi connectivity index (χ4n) is 1.61. The molecule has 0 heterocycles. The molecule has 0 saturated carbocycles. The lowest BCUT2D eigenvalue weighted by atomic mass is 10.2. The molecule has 0 fully saturated rings. The molecular weight excluding hydrogens is 345 g/mol. The number of amides is 4. The third kappa shape index (κ3) is 9.15. The lowest BCUT2D eigenvalue weighted by molar-refractivity contribution is -0.124. The summed E-state index contributed by atoms with van der Waals surface area (Å²) in [6.07, 6.45) is -4.56. The van der Waals surface area contributed by atoms with Crippen LogP contribution < -0.4 is 21.3 Å². The predicted molar refractivity (Wildman–Crippen MR) is 83.0 cm³/mol. The van der Waals surface area contributed by atoms with Crippen molar-refractivity contribution in [2.75, 3.05) is 37.4 Å². The quantitative estimate of drug-likeness (QED) is 0.580. The largest absolute Gasteiger partial charge is 0.405 e. The highest BCUT2D eigenvalue weighted by Gasteiger charge is 2.27. The molecule has 0 bridgehead atoms. The minimum atomic E-state index is -4.56. The van der Waals surface area contributed by atoms with Gasteiger partial charge in [-0.25, -0.2) is 4.79 Å². The van der Waals surface area contributed by atoms with Crippen molar-refractivity contribution in [3.8, 4) is 0 Å². The molecule has 8 nitrogen and oxygen atoms in total. The van der Waals surface area contributed by atoms with Crippen molar-refractivity contribution in [2.24, 2.45) is 0 Å². The maximum absolute atomic E-state index is 11.9. The van der Waals surface area contributed by atoms with Crippen LogP contribution in [0.3, 0.4) is 0 Å². The molecule has 0 aliphatic heterocycles. The van der Waals surface area contributed by atoms with Gasteiger partial charge in [0.05, 0.1) is 6.54 Å². The summed E-state index contributed by atoms with van der Waals surface area (Å²) in [6, 6.07) is 5.11. The van der Waals surface area contributed by atoms with E-state index in [1.165, 1.54) is 18.5 Å². The predicted octanol–water partition coefficient (Wildman–Crippen LogP) is 1.07. The van der Waals surface area contributed by atoms with Crippen molar-refractivity contribution in [2.45, 2.75) is 6.18 Å². The Morgan fingerprint density at radius 2 is 1.80 bits per heavy atom. The fourth-order valence-corrected chi connectivity index (χ4v) is 1.61. The summed E-state index contributed by atoms with van der Waals surface area (Å²) in [5.41, 5.74) is 0.913. The van der Waals surface area contributed by atoms with Crippen LogP contribution in [0.1, 0.15) is 0 Å². The zero-order valence-corrected chi connectivity index (χ0v) is 13.2. The van der Waals surface area contributed by atoms with Gasteiger partial charge in [0.15, 0.2) is 0 Å². The maximum Gasteiger partial charge on any atom is 0.405 e. The van der Waals surface area contributed by atoms with Gasteiger partial charge in [0.1, 0.15) is 13.2 Å². The number of urea groups is 1. The van der Waals surface area contributed by atoms with Gasteiger partial charge in [0.25, 0.3) is 0 Å². The second-order valence-electron chi connectivity index (χ2n) is 4.76. The Kier molecular flexibility index (Phi) is 7.66. The lowest BCUT2D eigenvalue weighted by Gasteiger charge is -2.11. The Hall–Kier alpha value is -2.82. The summed E-state index contributed by atoms with van der Waals surface area (Å²) in [4.78, 5) is 34.0. The highest BCUT2D eigenvalue weighted by molar-refractivity contribution is 5.96. The first kappa shape index (κ1) is 20.2. The average molecular weight is 362 g/mol. The van der Waals surface area contributed by atoms with E-state index in [9.17, 15) is 27.6 Å². The van der Waals surface area contributed by atoms with Crippen molar-refractivity contribution in [1.82, 2.24) is 10.6 Å². The number of methoxy groups -OCH3 is 1. The molecule has 0 saturated heterocycles. The third-order valence-electron chi connectivity index (χ3n) is 2.58. The van der Waals surface area contributed by atoms with E-state index in [1.54, 1.807) is 23.5 Å². The van der Waals surface area contributed by atoms with Gasteiger partial charge >= 0.3 is 12.2 Å². The Morgan fingerprint density at radius 1 is 1.12 bits per heavy atom. The standard InChI is InChI=1S/C14H17F3N4O4/c1-25-7-12(23)20-10-4-2-3-9(5-10)18-6-11(22)21-13(24)19-8-14(15,16)17/h2-5,18H,6-8H2,1H3,(H,20,23)(H2,19,21,22,24). The van der Waals surface area contributed by atoms with Gasteiger partial charge in [0.2, 0.25) is 11.8 Å². The Labute approximate surface area is 141 Å². The first-order valence-corrected chi connectivity index (χ1v) is 6.97. The van der Waals surface area contributed by atoms with Crippen LogP contribution in [0.5, 0.6) is 0 Å². The Balaban J connectivity index is 2.43. The summed E-state index contributed by atoms with van der Waals surface area (Å²) in [5, 5.41) is 8.49. The zero-order chi connectivity index (χ0) is 18.9. The minimum Gasteiger partial charge on any atom is -0.376 e. The van der Waals surface area contributed by atoms with E-state index < -0.39 is 24.7 Å².